The first-order valence-electron chi connectivity index (χ1n) is 7.50. The molecule has 2 rings (SSSR count). The van der Waals surface area contributed by atoms with Crippen LogP contribution in [0.2, 0.25) is 0 Å². The lowest BCUT2D eigenvalue weighted by Gasteiger charge is -2.33. The van der Waals surface area contributed by atoms with E-state index in [9.17, 15) is 4.79 Å². The van der Waals surface area contributed by atoms with Crippen LogP contribution in [0.4, 0.5) is 4.79 Å². The molecule has 0 saturated carbocycles. The van der Waals surface area contributed by atoms with E-state index >= 15 is 0 Å². The smallest absolute Gasteiger partial charge is 0.407 e. The highest BCUT2D eigenvalue weighted by atomic mass is 79.9. The highest BCUT2D eigenvalue weighted by Crippen LogP contribution is 2.14. The molecule has 0 unspecified atom stereocenters. The van der Waals surface area contributed by atoms with Crippen molar-refractivity contribution in [2.75, 3.05) is 13.1 Å². The minimum atomic E-state index is -0.469. The number of piperidine rings is 1. The highest BCUT2D eigenvalue weighted by Gasteiger charge is 2.24. The van der Waals surface area contributed by atoms with Gasteiger partial charge in [0.25, 0.3) is 0 Å². The maximum atomic E-state index is 11.8. The van der Waals surface area contributed by atoms with Crippen molar-refractivity contribution in [3.8, 4) is 0 Å². The van der Waals surface area contributed by atoms with E-state index in [-0.39, 0.29) is 12.1 Å². The molecule has 22 heavy (non-hydrogen) atoms. The van der Waals surface area contributed by atoms with Crippen molar-refractivity contribution < 1.29 is 9.53 Å². The molecule has 6 nitrogen and oxygen atoms in total. The fraction of sp³-hybridized carbons (Fsp3) is 0.667. The van der Waals surface area contributed by atoms with Crippen LogP contribution in [0, 0.1) is 0 Å². The fourth-order valence-electron chi connectivity index (χ4n) is 2.41. The van der Waals surface area contributed by atoms with Crippen molar-refractivity contribution in [3.63, 3.8) is 0 Å². The van der Waals surface area contributed by atoms with Gasteiger partial charge in [0.2, 0.25) is 0 Å². The first-order valence-corrected chi connectivity index (χ1v) is 8.29. The second-order valence-electron chi connectivity index (χ2n) is 6.54. The first-order chi connectivity index (χ1) is 10.3. The number of rotatable bonds is 3. The zero-order valence-corrected chi connectivity index (χ0v) is 14.9. The summed E-state index contributed by atoms with van der Waals surface area (Å²) in [4.78, 5) is 22.7. The quantitative estimate of drug-likeness (QED) is 0.885. The van der Waals surface area contributed by atoms with Crippen LogP contribution in [0.1, 0.15) is 39.4 Å². The number of nitrogens with one attached hydrogen (secondary N) is 1. The van der Waals surface area contributed by atoms with Gasteiger partial charge >= 0.3 is 6.09 Å². The Morgan fingerprint density at radius 3 is 2.77 bits per heavy atom. The van der Waals surface area contributed by atoms with Gasteiger partial charge in [-0.2, -0.15) is 0 Å². The Bertz CT molecular complexity index is 501. The van der Waals surface area contributed by atoms with E-state index < -0.39 is 5.60 Å². The van der Waals surface area contributed by atoms with Crippen LogP contribution >= 0.6 is 15.9 Å². The Morgan fingerprint density at radius 2 is 2.14 bits per heavy atom. The van der Waals surface area contributed by atoms with Crippen LogP contribution in [0.15, 0.2) is 16.9 Å². The Labute approximate surface area is 139 Å². The molecule has 0 aromatic carbocycles. The van der Waals surface area contributed by atoms with Gasteiger partial charge in [0, 0.05) is 25.0 Å². The monoisotopic (exact) mass is 370 g/mol. The Balaban J connectivity index is 1.83. The molecule has 1 aliphatic rings. The van der Waals surface area contributed by atoms with E-state index in [1.807, 2.05) is 20.8 Å². The Hall–Kier alpha value is -1.21. The summed E-state index contributed by atoms with van der Waals surface area (Å²) in [6.45, 7) is 8.07. The molecule has 1 saturated heterocycles. The number of carbonyl (C=O) groups is 1. The summed E-state index contributed by atoms with van der Waals surface area (Å²) >= 11 is 3.33. The van der Waals surface area contributed by atoms with Crippen LogP contribution in [0.25, 0.3) is 0 Å². The number of hydrogen-bond donors (Lipinski definition) is 1. The summed E-state index contributed by atoms with van der Waals surface area (Å²) in [5.41, 5.74) is -0.469. The molecule has 122 valence electrons. The van der Waals surface area contributed by atoms with Crippen molar-refractivity contribution in [2.24, 2.45) is 0 Å². The summed E-state index contributed by atoms with van der Waals surface area (Å²) in [6, 6.07) is 0.110. The van der Waals surface area contributed by atoms with Gasteiger partial charge in [0.15, 0.2) is 0 Å². The molecule has 1 N–H and O–H groups in total. The first kappa shape index (κ1) is 17.1. The summed E-state index contributed by atoms with van der Waals surface area (Å²) in [6.07, 6.45) is 5.17. The summed E-state index contributed by atoms with van der Waals surface area (Å²) in [7, 11) is 0. The zero-order chi connectivity index (χ0) is 16.2. The van der Waals surface area contributed by atoms with Crippen molar-refractivity contribution in [2.45, 2.75) is 51.8 Å². The van der Waals surface area contributed by atoms with Crippen molar-refractivity contribution in [1.82, 2.24) is 20.2 Å². The van der Waals surface area contributed by atoms with Gasteiger partial charge < -0.3 is 10.1 Å². The minimum Gasteiger partial charge on any atom is -0.444 e. The molecule has 1 amide bonds. The van der Waals surface area contributed by atoms with E-state index in [2.05, 4.69) is 36.1 Å². The van der Waals surface area contributed by atoms with Gasteiger partial charge in [-0.15, -0.1) is 0 Å². The van der Waals surface area contributed by atoms with E-state index in [4.69, 9.17) is 4.74 Å². The lowest BCUT2D eigenvalue weighted by Crippen LogP contribution is -2.48. The largest absolute Gasteiger partial charge is 0.444 e. The summed E-state index contributed by atoms with van der Waals surface area (Å²) < 4.78 is 6.18. The van der Waals surface area contributed by atoms with Gasteiger partial charge in [0.1, 0.15) is 11.4 Å². The number of likely N-dealkylation sites (tertiary alicyclic amines) is 1. The number of hydrogen-bond acceptors (Lipinski definition) is 5. The Morgan fingerprint density at radius 1 is 1.45 bits per heavy atom. The average Bonchev–Trinajstić information content (AvgIpc) is 2.39. The van der Waals surface area contributed by atoms with Crippen LogP contribution in [0.3, 0.4) is 0 Å². The molecule has 0 bridgehead atoms. The molecule has 0 aliphatic carbocycles. The van der Waals surface area contributed by atoms with E-state index in [0.29, 0.717) is 6.54 Å². The average molecular weight is 371 g/mol. The minimum absolute atomic E-state index is 0.110. The van der Waals surface area contributed by atoms with Gasteiger partial charge in [0.05, 0.1) is 11.0 Å². The molecule has 1 aromatic heterocycles. The molecular formula is C15H23BrN4O2. The second kappa shape index (κ2) is 7.37. The van der Waals surface area contributed by atoms with Crippen LogP contribution < -0.4 is 5.32 Å². The van der Waals surface area contributed by atoms with Gasteiger partial charge in [-0.25, -0.2) is 14.8 Å². The third-order valence-corrected chi connectivity index (χ3v) is 3.67. The van der Waals surface area contributed by atoms with E-state index in [0.717, 1.165) is 36.2 Å². The number of carbonyl (C=O) groups excluding carboxylic acids is 1. The van der Waals surface area contributed by atoms with Crippen molar-refractivity contribution in [3.05, 3.63) is 22.7 Å². The fourth-order valence-corrected chi connectivity index (χ4v) is 2.62. The Kier molecular flexibility index (Phi) is 5.74. The highest BCUT2D eigenvalue weighted by molar-refractivity contribution is 9.10. The third kappa shape index (κ3) is 5.88. The molecule has 7 heteroatoms. The van der Waals surface area contributed by atoms with E-state index in [1.165, 1.54) is 0 Å². The predicted octanol–water partition coefficient (Wildman–Crippen LogP) is 2.73. The van der Waals surface area contributed by atoms with Crippen LogP contribution in [0.5, 0.6) is 0 Å². The van der Waals surface area contributed by atoms with Gasteiger partial charge in [-0.3, -0.25) is 4.90 Å². The molecule has 1 fully saturated rings. The molecule has 2 heterocycles. The third-order valence-electron chi connectivity index (χ3n) is 3.27. The van der Waals surface area contributed by atoms with Gasteiger partial charge in [-0.05, 0) is 56.1 Å². The number of nitrogens with zero attached hydrogens (tertiary/aromatic N) is 3. The van der Waals surface area contributed by atoms with E-state index in [1.54, 1.807) is 12.4 Å². The molecular weight excluding hydrogens is 348 g/mol. The molecule has 1 aromatic rings. The number of halogens is 1. The van der Waals surface area contributed by atoms with Crippen molar-refractivity contribution >= 4 is 22.0 Å². The molecule has 0 spiro atoms. The number of amides is 1. The summed E-state index contributed by atoms with van der Waals surface area (Å²) in [5.74, 6) is 0.793. The number of aromatic nitrogens is 2. The zero-order valence-electron chi connectivity index (χ0n) is 13.3. The van der Waals surface area contributed by atoms with Crippen LogP contribution in [-0.4, -0.2) is 45.7 Å². The van der Waals surface area contributed by atoms with Gasteiger partial charge in [-0.1, -0.05) is 0 Å². The lowest BCUT2D eigenvalue weighted by atomic mass is 10.1. The standard InChI is InChI=1S/C15H23BrN4O2/c1-15(2,3)22-14(21)19-12-5-4-6-20(9-12)10-13-17-7-11(16)8-18-13/h7-8,12H,4-6,9-10H2,1-3H3,(H,19,21)/t12-/m1/s1. The summed E-state index contributed by atoms with van der Waals surface area (Å²) in [5, 5.41) is 2.95. The molecule has 1 atom stereocenters. The second-order valence-corrected chi connectivity index (χ2v) is 7.45. The maximum absolute atomic E-state index is 11.8. The maximum Gasteiger partial charge on any atom is 0.407 e. The normalized spacial score (nSPS) is 19.7. The van der Waals surface area contributed by atoms with Crippen molar-refractivity contribution in [1.29, 1.82) is 0 Å². The molecule has 0 radical (unpaired) electrons. The molecule has 1 aliphatic heterocycles. The number of ether oxygens (including phenoxy) is 1. The topological polar surface area (TPSA) is 67.3 Å². The SMILES string of the molecule is CC(C)(C)OC(=O)N[C@@H]1CCCN(Cc2ncc(Br)cn2)C1. The predicted molar refractivity (Wildman–Crippen MR) is 87.4 cm³/mol. The van der Waals surface area contributed by atoms with Crippen LogP contribution in [-0.2, 0) is 11.3 Å². The number of alkyl carbamates (subject to hydrolysis) is 1. The lowest BCUT2D eigenvalue weighted by molar-refractivity contribution is 0.0469.